The van der Waals surface area contributed by atoms with Gasteiger partial charge >= 0.3 is 5.97 Å². The highest BCUT2D eigenvalue weighted by Crippen LogP contribution is 2.24. The fourth-order valence-corrected chi connectivity index (χ4v) is 3.04. The molecule has 0 atom stereocenters. The van der Waals surface area contributed by atoms with E-state index < -0.39 is 5.97 Å². The molecule has 1 N–H and O–H groups in total. The van der Waals surface area contributed by atoms with Gasteiger partial charge in [-0.3, -0.25) is 4.79 Å². The maximum atomic E-state index is 12.0. The highest BCUT2D eigenvalue weighted by molar-refractivity contribution is 7.13. The summed E-state index contributed by atoms with van der Waals surface area (Å²) >= 11 is 1.39. The molecule has 0 fully saturated rings. The van der Waals surface area contributed by atoms with Crippen molar-refractivity contribution in [1.29, 1.82) is 0 Å². The molecule has 0 saturated carbocycles. The Hall–Kier alpha value is -2.21. The topological polar surface area (TPSA) is 68.3 Å². The van der Waals surface area contributed by atoms with Gasteiger partial charge in [-0.15, -0.1) is 11.3 Å². The van der Waals surface area contributed by atoms with Gasteiger partial charge in [-0.05, 0) is 18.4 Å². The number of benzene rings is 1. The second-order valence-electron chi connectivity index (χ2n) is 5.72. The van der Waals surface area contributed by atoms with Crippen LogP contribution in [0.5, 0.6) is 0 Å². The van der Waals surface area contributed by atoms with E-state index in [4.69, 9.17) is 4.74 Å². The minimum absolute atomic E-state index is 0.235. The Morgan fingerprint density at radius 3 is 2.60 bits per heavy atom. The van der Waals surface area contributed by atoms with Gasteiger partial charge in [0.25, 0.3) is 5.91 Å². The Kier molecular flexibility index (Phi) is 7.60. The van der Waals surface area contributed by atoms with E-state index in [1.165, 1.54) is 16.9 Å². The zero-order chi connectivity index (χ0) is 18.1. The average Bonchev–Trinajstić information content (AvgIpc) is 3.13. The van der Waals surface area contributed by atoms with E-state index in [2.05, 4.69) is 36.3 Å². The van der Waals surface area contributed by atoms with Crippen LogP contribution in [-0.2, 0) is 16.0 Å². The molecule has 2 rings (SSSR count). The zero-order valence-corrected chi connectivity index (χ0v) is 15.5. The van der Waals surface area contributed by atoms with Crippen molar-refractivity contribution < 1.29 is 14.3 Å². The molecule has 0 unspecified atom stereocenters. The number of aromatic nitrogens is 1. The van der Waals surface area contributed by atoms with Crippen molar-refractivity contribution in [1.82, 2.24) is 10.3 Å². The first-order valence-corrected chi connectivity index (χ1v) is 9.50. The van der Waals surface area contributed by atoms with Gasteiger partial charge < -0.3 is 10.1 Å². The lowest BCUT2D eigenvalue weighted by molar-refractivity contribution is -0.124. The number of nitrogens with one attached hydrogen (secondary N) is 1. The van der Waals surface area contributed by atoms with E-state index >= 15 is 0 Å². The van der Waals surface area contributed by atoms with E-state index in [1.54, 1.807) is 5.38 Å². The number of nitrogens with zero attached hydrogens (tertiary/aromatic N) is 1. The van der Waals surface area contributed by atoms with Gasteiger partial charge in [0, 0.05) is 17.5 Å². The molecule has 25 heavy (non-hydrogen) atoms. The summed E-state index contributed by atoms with van der Waals surface area (Å²) in [4.78, 5) is 27.9. The lowest BCUT2D eigenvalue weighted by Gasteiger charge is -2.05. The van der Waals surface area contributed by atoms with Crippen LogP contribution in [0.15, 0.2) is 29.6 Å². The number of unbranched alkanes of at least 4 members (excludes halogenated alkanes) is 2. The van der Waals surface area contributed by atoms with Crippen LogP contribution in [0.25, 0.3) is 10.6 Å². The molecule has 6 heteroatoms. The van der Waals surface area contributed by atoms with Gasteiger partial charge in [-0.25, -0.2) is 9.78 Å². The molecule has 2 aromatic rings. The molecule has 1 aromatic carbocycles. The summed E-state index contributed by atoms with van der Waals surface area (Å²) in [5, 5.41) is 5.15. The predicted octanol–water partition coefficient (Wildman–Crippen LogP) is 3.84. The molecule has 0 bridgehead atoms. The second kappa shape index (κ2) is 9.93. The molecule has 0 spiro atoms. The third-order valence-corrected chi connectivity index (χ3v) is 4.65. The summed E-state index contributed by atoms with van der Waals surface area (Å²) in [6, 6.07) is 8.10. The summed E-state index contributed by atoms with van der Waals surface area (Å²) in [6.07, 6.45) is 4.08. The van der Waals surface area contributed by atoms with Gasteiger partial charge in [0.05, 0.1) is 0 Å². The molecular formula is C19H24N2O3S. The molecule has 0 aliphatic rings. The summed E-state index contributed by atoms with van der Waals surface area (Å²) in [5.74, 6) is -0.855. The van der Waals surface area contributed by atoms with E-state index in [9.17, 15) is 9.59 Å². The maximum Gasteiger partial charge on any atom is 0.358 e. The van der Waals surface area contributed by atoms with Gasteiger partial charge in [-0.2, -0.15) is 0 Å². The highest BCUT2D eigenvalue weighted by Gasteiger charge is 2.14. The van der Waals surface area contributed by atoms with Crippen molar-refractivity contribution in [3.8, 4) is 10.6 Å². The molecule has 1 heterocycles. The number of rotatable bonds is 9. The lowest BCUT2D eigenvalue weighted by Crippen LogP contribution is -2.29. The number of hydrogen-bond acceptors (Lipinski definition) is 5. The smallest absolute Gasteiger partial charge is 0.358 e. The van der Waals surface area contributed by atoms with Crippen molar-refractivity contribution >= 4 is 23.2 Å². The fraction of sp³-hybridized carbons (Fsp3) is 0.421. The molecule has 134 valence electrons. The first-order chi connectivity index (χ1) is 12.1. The molecule has 1 amide bonds. The van der Waals surface area contributed by atoms with Crippen LogP contribution < -0.4 is 5.32 Å². The Morgan fingerprint density at radius 1 is 1.16 bits per heavy atom. The fourth-order valence-electron chi connectivity index (χ4n) is 2.24. The lowest BCUT2D eigenvalue weighted by atomic mass is 10.1. The Labute approximate surface area is 152 Å². The van der Waals surface area contributed by atoms with Crippen molar-refractivity contribution in [2.45, 2.75) is 39.5 Å². The number of ether oxygens (including phenoxy) is 1. The van der Waals surface area contributed by atoms with Crippen LogP contribution in [0, 0.1) is 0 Å². The summed E-state index contributed by atoms with van der Waals surface area (Å²) in [7, 11) is 0. The quantitative estimate of drug-likeness (QED) is 0.545. The molecule has 0 aliphatic heterocycles. The Morgan fingerprint density at radius 2 is 1.92 bits per heavy atom. The number of thiazole rings is 1. The van der Waals surface area contributed by atoms with E-state index in [0.717, 1.165) is 36.3 Å². The SMILES string of the molecule is CCCCCNC(=O)COC(=O)c1csc(-c2ccc(CC)cc2)n1. The van der Waals surface area contributed by atoms with Crippen LogP contribution in [0.4, 0.5) is 0 Å². The minimum atomic E-state index is -0.573. The predicted molar refractivity (Wildman–Crippen MR) is 99.7 cm³/mol. The number of hydrogen-bond donors (Lipinski definition) is 1. The highest BCUT2D eigenvalue weighted by atomic mass is 32.1. The van der Waals surface area contributed by atoms with Crippen molar-refractivity contribution in [3.63, 3.8) is 0 Å². The third kappa shape index (κ3) is 5.98. The average molecular weight is 360 g/mol. The van der Waals surface area contributed by atoms with E-state index in [0.29, 0.717) is 6.54 Å². The van der Waals surface area contributed by atoms with Gasteiger partial charge in [0.1, 0.15) is 5.01 Å². The number of esters is 1. The van der Waals surface area contributed by atoms with Crippen LogP contribution in [0.3, 0.4) is 0 Å². The van der Waals surface area contributed by atoms with Crippen LogP contribution in [0.1, 0.15) is 49.2 Å². The largest absolute Gasteiger partial charge is 0.451 e. The number of carbonyl (C=O) groups is 2. The number of amides is 1. The second-order valence-corrected chi connectivity index (χ2v) is 6.58. The minimum Gasteiger partial charge on any atom is -0.451 e. The third-order valence-electron chi connectivity index (χ3n) is 3.76. The molecule has 1 aromatic heterocycles. The number of carbonyl (C=O) groups excluding carboxylic acids is 2. The van der Waals surface area contributed by atoms with Crippen LogP contribution >= 0.6 is 11.3 Å². The van der Waals surface area contributed by atoms with Gasteiger partial charge in [0.15, 0.2) is 12.3 Å². The van der Waals surface area contributed by atoms with Crippen molar-refractivity contribution in [2.24, 2.45) is 0 Å². The Bertz CT molecular complexity index is 695. The Balaban J connectivity index is 1.84. The summed E-state index contributed by atoms with van der Waals surface area (Å²) in [6.45, 7) is 4.54. The summed E-state index contributed by atoms with van der Waals surface area (Å²) in [5.41, 5.74) is 2.46. The van der Waals surface area contributed by atoms with Crippen LogP contribution in [0.2, 0.25) is 0 Å². The summed E-state index contributed by atoms with van der Waals surface area (Å²) < 4.78 is 5.03. The number of aryl methyl sites for hydroxylation is 1. The molecule has 5 nitrogen and oxygen atoms in total. The van der Waals surface area contributed by atoms with Crippen molar-refractivity contribution in [3.05, 3.63) is 40.9 Å². The molecule has 0 aliphatic carbocycles. The first-order valence-electron chi connectivity index (χ1n) is 8.62. The van der Waals surface area contributed by atoms with Crippen LogP contribution in [-0.4, -0.2) is 30.0 Å². The molecule has 0 saturated heterocycles. The monoisotopic (exact) mass is 360 g/mol. The normalized spacial score (nSPS) is 10.5. The maximum absolute atomic E-state index is 12.0. The van der Waals surface area contributed by atoms with Gasteiger partial charge in [0.2, 0.25) is 0 Å². The van der Waals surface area contributed by atoms with E-state index in [1.807, 2.05) is 12.1 Å². The van der Waals surface area contributed by atoms with Crippen molar-refractivity contribution in [2.75, 3.05) is 13.2 Å². The first kappa shape index (κ1) is 19.1. The van der Waals surface area contributed by atoms with E-state index in [-0.39, 0.29) is 18.2 Å². The standard InChI is InChI=1S/C19H24N2O3S/c1-3-5-6-11-20-17(22)12-24-19(23)16-13-25-18(21-16)15-9-7-14(4-2)8-10-15/h7-10,13H,3-6,11-12H2,1-2H3,(H,20,22). The zero-order valence-electron chi connectivity index (χ0n) is 14.7. The van der Waals surface area contributed by atoms with Gasteiger partial charge in [-0.1, -0.05) is 51.0 Å². The molecule has 0 radical (unpaired) electrons. The molecular weight excluding hydrogens is 336 g/mol.